The minimum absolute atomic E-state index is 0. The molecule has 3 rings (SSSR count). The summed E-state index contributed by atoms with van der Waals surface area (Å²) in [5.74, 6) is 0. The van der Waals surface area contributed by atoms with Gasteiger partial charge in [0.15, 0.2) is 0 Å². The first kappa shape index (κ1) is 16.4. The van der Waals surface area contributed by atoms with Crippen LogP contribution in [0.15, 0.2) is 53.4 Å². The maximum absolute atomic E-state index is 11.5. The molecule has 0 aliphatic carbocycles. The van der Waals surface area contributed by atoms with Crippen LogP contribution < -0.4 is 51.4 Å². The van der Waals surface area contributed by atoms with E-state index in [0.717, 1.165) is 16.2 Å². The van der Waals surface area contributed by atoms with Gasteiger partial charge in [-0.3, -0.25) is 4.55 Å². The normalized spacial score (nSPS) is 11.5. The zero-order chi connectivity index (χ0) is 13.6. The number of hydrogen-bond acceptors (Lipinski definition) is 2. The van der Waals surface area contributed by atoms with Gasteiger partial charge >= 0.3 is 51.4 Å². The Labute approximate surface area is 165 Å². The van der Waals surface area contributed by atoms with Crippen molar-refractivity contribution < 1.29 is 65.8 Å². The first-order chi connectivity index (χ1) is 8.98. The van der Waals surface area contributed by atoms with Crippen LogP contribution in [0.5, 0.6) is 0 Å². The van der Waals surface area contributed by atoms with E-state index in [9.17, 15) is 13.0 Å². The van der Waals surface area contributed by atoms with Crippen molar-refractivity contribution in [1.82, 2.24) is 0 Å². The molecule has 3 aromatic rings. The Hall–Kier alpha value is 0.0164. The van der Waals surface area contributed by atoms with Crippen LogP contribution in [0.4, 0.5) is 0 Å². The quantitative estimate of drug-likeness (QED) is 0.411. The molecule has 0 atom stereocenters. The summed E-state index contributed by atoms with van der Waals surface area (Å²) in [4.78, 5) is -0.239. The molecule has 0 fully saturated rings. The summed E-state index contributed by atoms with van der Waals surface area (Å²) in [7, 11) is -4.36. The summed E-state index contributed by atoms with van der Waals surface area (Å²) in [5.41, 5.74) is 0. The van der Waals surface area contributed by atoms with Gasteiger partial charge in [-0.1, -0.05) is 54.1 Å². The number of halogens is 1. The Kier molecular flexibility index (Phi) is 4.93. The third kappa shape index (κ3) is 2.82. The second-order valence-electron chi connectivity index (χ2n) is 4.23. The van der Waals surface area contributed by atoms with Crippen LogP contribution in [0.2, 0.25) is 5.02 Å². The van der Waals surface area contributed by atoms with Crippen LogP contribution in [0, 0.1) is 0 Å². The Morgan fingerprint density at radius 3 is 2.25 bits per heavy atom. The van der Waals surface area contributed by atoms with E-state index < -0.39 is 10.1 Å². The van der Waals surface area contributed by atoms with Gasteiger partial charge in [0.05, 0.1) is 5.02 Å². The van der Waals surface area contributed by atoms with Crippen LogP contribution in [-0.2, 0) is 10.1 Å². The molecule has 0 heterocycles. The van der Waals surface area contributed by atoms with Crippen molar-refractivity contribution in [3.8, 4) is 0 Å². The first-order valence-electron chi connectivity index (χ1n) is 5.56. The zero-order valence-corrected chi connectivity index (χ0v) is 15.4. The summed E-state index contributed by atoms with van der Waals surface area (Å²) < 4.78 is 32.3. The van der Waals surface area contributed by atoms with Crippen LogP contribution >= 0.6 is 11.6 Å². The fourth-order valence-corrected chi connectivity index (χ4v) is 3.52. The van der Waals surface area contributed by atoms with Crippen molar-refractivity contribution >= 4 is 43.3 Å². The molecule has 3 nitrogen and oxygen atoms in total. The largest absolute Gasteiger partial charge is 1.00 e. The minimum atomic E-state index is -4.36. The zero-order valence-electron chi connectivity index (χ0n) is 11.7. The van der Waals surface area contributed by atoms with E-state index in [1.54, 1.807) is 12.1 Å². The smallest absolute Gasteiger partial charge is 1.00 e. The molecule has 0 saturated heterocycles. The van der Waals surface area contributed by atoms with Crippen molar-refractivity contribution in [1.29, 1.82) is 0 Å². The molecule has 98 valence electrons. The predicted molar refractivity (Wildman–Crippen MR) is 77.4 cm³/mol. The van der Waals surface area contributed by atoms with Crippen molar-refractivity contribution in [3.63, 3.8) is 0 Å². The van der Waals surface area contributed by atoms with Crippen LogP contribution in [0.25, 0.3) is 21.5 Å². The molecule has 0 amide bonds. The summed E-state index contributed by atoms with van der Waals surface area (Å²) in [6, 6.07) is 14.3. The predicted octanol–water partition coefficient (Wildman–Crippen LogP) is 1.01. The van der Waals surface area contributed by atoms with E-state index in [0.29, 0.717) is 5.39 Å². The van der Waals surface area contributed by atoms with Crippen LogP contribution in [0.1, 0.15) is 1.43 Å². The van der Waals surface area contributed by atoms with Gasteiger partial charge in [-0.15, -0.1) is 0 Å². The van der Waals surface area contributed by atoms with E-state index in [4.69, 9.17) is 11.6 Å². The summed E-state index contributed by atoms with van der Waals surface area (Å²) in [6.07, 6.45) is 0. The van der Waals surface area contributed by atoms with Gasteiger partial charge in [-0.25, -0.2) is 0 Å². The van der Waals surface area contributed by atoms with E-state index in [1.807, 2.05) is 30.3 Å². The molecule has 0 aliphatic heterocycles. The van der Waals surface area contributed by atoms with Crippen LogP contribution in [0.3, 0.4) is 0 Å². The number of fused-ring (bicyclic) bond motifs is 3. The molecular weight excluding hydrogens is 323 g/mol. The Morgan fingerprint density at radius 1 is 0.900 bits per heavy atom. The Morgan fingerprint density at radius 2 is 1.55 bits per heavy atom. The molecule has 0 spiro atoms. The second kappa shape index (κ2) is 6.02. The van der Waals surface area contributed by atoms with Crippen molar-refractivity contribution in [3.05, 3.63) is 53.6 Å². The SMILES string of the molecule is O=S(=O)(O)c1c(Cl)ccc2c1ccc1ccccc12.[H-].[K+]. The molecule has 0 radical (unpaired) electrons. The average molecular weight is 333 g/mol. The van der Waals surface area contributed by atoms with Gasteiger partial charge in [0.2, 0.25) is 0 Å². The fourth-order valence-electron chi connectivity index (χ4n) is 2.30. The van der Waals surface area contributed by atoms with Gasteiger partial charge in [-0.2, -0.15) is 8.42 Å². The molecule has 20 heavy (non-hydrogen) atoms. The van der Waals surface area contributed by atoms with E-state index in [-0.39, 0.29) is 62.7 Å². The van der Waals surface area contributed by atoms with Gasteiger partial charge in [0.25, 0.3) is 10.1 Å². The van der Waals surface area contributed by atoms with Gasteiger partial charge in [0, 0.05) is 5.39 Å². The second-order valence-corrected chi connectivity index (χ2v) is 6.00. The number of rotatable bonds is 1. The summed E-state index contributed by atoms with van der Waals surface area (Å²) in [5, 5.41) is 3.11. The Balaban J connectivity index is 0.00000110. The first-order valence-corrected chi connectivity index (χ1v) is 7.38. The fraction of sp³-hybridized carbons (Fsp3) is 0. The number of benzene rings is 3. The Bertz CT molecular complexity index is 913. The molecule has 3 aromatic carbocycles. The minimum Gasteiger partial charge on any atom is -1.00 e. The topological polar surface area (TPSA) is 54.4 Å². The van der Waals surface area contributed by atoms with E-state index >= 15 is 0 Å². The molecule has 0 aliphatic rings. The monoisotopic (exact) mass is 332 g/mol. The number of hydrogen-bond donors (Lipinski definition) is 1. The van der Waals surface area contributed by atoms with E-state index in [1.165, 1.54) is 6.07 Å². The molecule has 1 N–H and O–H groups in total. The third-order valence-electron chi connectivity index (χ3n) is 3.09. The van der Waals surface area contributed by atoms with Gasteiger partial charge in [0.1, 0.15) is 4.90 Å². The van der Waals surface area contributed by atoms with Crippen LogP contribution in [-0.4, -0.2) is 13.0 Å². The molecule has 0 bridgehead atoms. The van der Waals surface area contributed by atoms with Crippen molar-refractivity contribution in [2.45, 2.75) is 4.90 Å². The molecule has 0 unspecified atom stereocenters. The standard InChI is InChI=1S/C14H9ClO3S.K.H/c15-13-8-7-11-10-4-2-1-3-9(10)5-6-12(11)14(13)19(16,17)18;;/h1-8H,(H,16,17,18);;/q;+1;-1. The van der Waals surface area contributed by atoms with Crippen molar-refractivity contribution in [2.24, 2.45) is 0 Å². The molecule has 0 aromatic heterocycles. The maximum atomic E-state index is 11.5. The summed E-state index contributed by atoms with van der Waals surface area (Å²) in [6.45, 7) is 0. The summed E-state index contributed by atoms with van der Waals surface area (Å²) >= 11 is 5.90. The van der Waals surface area contributed by atoms with Gasteiger partial charge in [-0.05, 0) is 22.2 Å². The molecule has 6 heteroatoms. The van der Waals surface area contributed by atoms with E-state index in [2.05, 4.69) is 0 Å². The van der Waals surface area contributed by atoms with Gasteiger partial charge < -0.3 is 1.43 Å². The maximum Gasteiger partial charge on any atom is 1.00 e. The average Bonchev–Trinajstić information content (AvgIpc) is 2.36. The molecular formula is C14H10ClKO3S. The van der Waals surface area contributed by atoms with Crippen molar-refractivity contribution in [2.75, 3.05) is 0 Å². The third-order valence-corrected chi connectivity index (χ3v) is 4.47. The molecule has 0 saturated carbocycles.